The zero-order valence-corrected chi connectivity index (χ0v) is 33.7. The summed E-state index contributed by atoms with van der Waals surface area (Å²) in [4.78, 5) is 45.6. The number of hydrogen-bond donors (Lipinski definition) is 2. The number of fused-ring (bicyclic) bond motifs is 7. The van der Waals surface area contributed by atoms with Crippen LogP contribution in [-0.2, 0) is 25.7 Å². The van der Waals surface area contributed by atoms with Crippen molar-refractivity contribution in [2.45, 2.75) is 145 Å². The van der Waals surface area contributed by atoms with Gasteiger partial charge in [-0.3, -0.25) is 24.3 Å². The molecule has 0 unspecified atom stereocenters. The van der Waals surface area contributed by atoms with Crippen molar-refractivity contribution in [2.24, 2.45) is 56.2 Å². The maximum atomic E-state index is 14.1. The number of aliphatic hydroxyl groups excluding tert-OH is 1. The smallest absolute Gasteiger partial charge is 0.309 e. The molecular weight excluding hydrogens is 652 g/mol. The van der Waals surface area contributed by atoms with Crippen LogP contribution in [-0.4, -0.2) is 63.6 Å². The van der Waals surface area contributed by atoms with E-state index in [-0.39, 0.29) is 51.8 Å². The number of esters is 1. The van der Waals surface area contributed by atoms with Crippen molar-refractivity contribution in [1.29, 1.82) is 0 Å². The number of likely N-dealkylation sites (N-methyl/N-ethyl adjacent to an activating group) is 1. The second kappa shape index (κ2) is 13.3. The Morgan fingerprint density at radius 2 is 1.69 bits per heavy atom. The fourth-order valence-electron chi connectivity index (χ4n) is 13.2. The number of carbonyl (C=O) groups is 3. The van der Waals surface area contributed by atoms with Crippen LogP contribution in [0.4, 0.5) is 0 Å². The number of pyridine rings is 1. The summed E-state index contributed by atoms with van der Waals surface area (Å²) in [7, 11) is 2.05. The van der Waals surface area contributed by atoms with Gasteiger partial charge in [-0.15, -0.1) is 0 Å². The third kappa shape index (κ3) is 6.01. The van der Waals surface area contributed by atoms with Gasteiger partial charge in [-0.25, -0.2) is 0 Å². The van der Waals surface area contributed by atoms with E-state index in [0.29, 0.717) is 31.3 Å². The van der Waals surface area contributed by atoms with Crippen molar-refractivity contribution in [3.8, 4) is 0 Å². The first-order valence-corrected chi connectivity index (χ1v) is 20.1. The molecule has 0 aliphatic heterocycles. The van der Waals surface area contributed by atoms with Crippen LogP contribution in [0.1, 0.15) is 132 Å². The van der Waals surface area contributed by atoms with E-state index in [2.05, 4.69) is 58.4 Å². The van der Waals surface area contributed by atoms with E-state index >= 15 is 0 Å². The number of aromatic nitrogens is 1. The number of ketones is 1. The van der Waals surface area contributed by atoms with Crippen LogP contribution in [0.3, 0.4) is 0 Å². The van der Waals surface area contributed by atoms with Gasteiger partial charge in [-0.1, -0.05) is 60.1 Å². The van der Waals surface area contributed by atoms with Crippen LogP contribution in [0.5, 0.6) is 0 Å². The number of rotatable bonds is 10. The fraction of sp³-hybridized carbons (Fsp3) is 0.773. The van der Waals surface area contributed by atoms with Crippen molar-refractivity contribution < 1.29 is 29.3 Å². The number of allylic oxidation sites excluding steroid dienone is 1. The van der Waals surface area contributed by atoms with Gasteiger partial charge in [-0.2, -0.15) is 0 Å². The number of carbonyl (C=O) groups excluding carboxylic acids is 2. The van der Waals surface area contributed by atoms with Gasteiger partial charge in [0.05, 0.1) is 23.6 Å². The van der Waals surface area contributed by atoms with Crippen molar-refractivity contribution in [2.75, 3.05) is 13.6 Å². The topological polar surface area (TPSA) is 117 Å². The molecule has 5 aliphatic carbocycles. The van der Waals surface area contributed by atoms with Gasteiger partial charge in [0.1, 0.15) is 6.10 Å². The van der Waals surface area contributed by atoms with E-state index in [1.165, 1.54) is 5.57 Å². The monoisotopic (exact) mass is 718 g/mol. The summed E-state index contributed by atoms with van der Waals surface area (Å²) in [5.74, 6) is 0.0630. The van der Waals surface area contributed by atoms with Crippen molar-refractivity contribution in [1.82, 2.24) is 9.88 Å². The Balaban J connectivity index is 1.27. The minimum absolute atomic E-state index is 0.0110. The molecule has 1 aromatic heterocycles. The predicted octanol–water partition coefficient (Wildman–Crippen LogP) is 8.27. The molecule has 1 heterocycles. The summed E-state index contributed by atoms with van der Waals surface area (Å²) in [6.45, 7) is 20.8. The van der Waals surface area contributed by atoms with Gasteiger partial charge in [0.2, 0.25) is 0 Å². The lowest BCUT2D eigenvalue weighted by molar-refractivity contribution is -0.235. The lowest BCUT2D eigenvalue weighted by atomic mass is 9.33. The highest BCUT2D eigenvalue weighted by atomic mass is 16.5. The van der Waals surface area contributed by atoms with E-state index in [4.69, 9.17) is 4.74 Å². The van der Waals surface area contributed by atoms with E-state index in [1.54, 1.807) is 13.8 Å². The highest BCUT2D eigenvalue weighted by molar-refractivity contribution is 6.00. The lowest BCUT2D eigenvalue weighted by Crippen LogP contribution is -2.66. The summed E-state index contributed by atoms with van der Waals surface area (Å²) in [6.07, 6.45) is 9.05. The van der Waals surface area contributed by atoms with Gasteiger partial charge in [0.25, 0.3) is 0 Å². The molecule has 9 atom stereocenters. The van der Waals surface area contributed by atoms with Crippen LogP contribution in [0.15, 0.2) is 35.5 Å². The number of hydrogen-bond acceptors (Lipinski definition) is 7. The molecule has 0 saturated heterocycles. The third-order valence-corrected chi connectivity index (χ3v) is 16.1. The van der Waals surface area contributed by atoms with E-state index in [1.807, 2.05) is 31.4 Å². The molecule has 4 fully saturated rings. The molecule has 4 saturated carbocycles. The molecule has 6 rings (SSSR count). The average molecular weight is 719 g/mol. The third-order valence-electron chi connectivity index (χ3n) is 16.1. The first kappa shape index (κ1) is 39.1. The molecule has 5 aliphatic rings. The number of nitrogens with zero attached hydrogens (tertiary/aromatic N) is 2. The Morgan fingerprint density at radius 1 is 0.981 bits per heavy atom. The van der Waals surface area contributed by atoms with Gasteiger partial charge in [0, 0.05) is 36.5 Å². The molecule has 1 aromatic rings. The minimum atomic E-state index is -1.16. The first-order valence-electron chi connectivity index (χ1n) is 20.1. The zero-order chi connectivity index (χ0) is 38.2. The highest BCUT2D eigenvalue weighted by Gasteiger charge is 2.70. The van der Waals surface area contributed by atoms with Crippen LogP contribution < -0.4 is 0 Å². The number of aliphatic carboxylic acids is 1. The van der Waals surface area contributed by atoms with Gasteiger partial charge < -0.3 is 14.9 Å². The molecular formula is C44H66N2O6. The van der Waals surface area contributed by atoms with Crippen LogP contribution in [0.25, 0.3) is 0 Å². The number of ether oxygens (including phenoxy) is 1. The molecule has 288 valence electrons. The Labute approximate surface area is 312 Å². The van der Waals surface area contributed by atoms with Crippen LogP contribution in [0.2, 0.25) is 0 Å². The normalized spacial score (nSPS) is 37.6. The fourth-order valence-corrected chi connectivity index (χ4v) is 13.2. The second-order valence-electron chi connectivity index (χ2n) is 20.1. The summed E-state index contributed by atoms with van der Waals surface area (Å²) in [6, 6.07) is 5.94. The summed E-state index contributed by atoms with van der Waals surface area (Å²) in [5.41, 5.74) is 1.45. The number of carboxylic acid groups (broad SMARTS) is 1. The Bertz CT molecular complexity index is 1600. The molecule has 0 aromatic carbocycles. The van der Waals surface area contributed by atoms with E-state index in [9.17, 15) is 24.6 Å². The van der Waals surface area contributed by atoms with E-state index in [0.717, 1.165) is 62.6 Å². The van der Waals surface area contributed by atoms with Crippen molar-refractivity contribution in [3.63, 3.8) is 0 Å². The summed E-state index contributed by atoms with van der Waals surface area (Å²) in [5, 5.41) is 21.9. The second-order valence-corrected chi connectivity index (χ2v) is 20.1. The van der Waals surface area contributed by atoms with Crippen molar-refractivity contribution >= 4 is 17.7 Å². The maximum absolute atomic E-state index is 14.1. The standard InChI is InChI=1S/C44H66N2O6/c1-27(2)36-30(47)23-44(33(48)26-46(10)25-28-13-11-12-22-45-28)21-20-42(8)29(37(36)44)14-15-32-41(7)18-17-34(52-35(49)24-39(3,4)38(50)51)40(5,6)31(41)16-19-43(32,42)9/h11-13,22,27,29,31-34,48H,14-21,23-26H2,1-10H3,(H,50,51)/t29-,31+,32-,33+,34+,41+,42-,43-,44+/m1/s1. The maximum Gasteiger partial charge on any atom is 0.309 e. The quantitative estimate of drug-likeness (QED) is 0.232. The number of aliphatic hydroxyl groups is 1. The molecule has 0 bridgehead atoms. The van der Waals surface area contributed by atoms with Crippen LogP contribution >= 0.6 is 0 Å². The summed E-state index contributed by atoms with van der Waals surface area (Å²) < 4.78 is 6.17. The van der Waals surface area contributed by atoms with Crippen molar-refractivity contribution in [3.05, 3.63) is 41.2 Å². The Kier molecular flexibility index (Phi) is 10.0. The number of carboxylic acids is 1. The average Bonchev–Trinajstić information content (AvgIpc) is 3.36. The van der Waals surface area contributed by atoms with Gasteiger partial charge in [0.15, 0.2) is 5.78 Å². The van der Waals surface area contributed by atoms with Gasteiger partial charge in [-0.05, 0) is 130 Å². The molecule has 0 amide bonds. The molecule has 8 heteroatoms. The zero-order valence-electron chi connectivity index (χ0n) is 33.7. The first-order chi connectivity index (χ1) is 24.1. The molecule has 2 N–H and O–H groups in total. The largest absolute Gasteiger partial charge is 0.481 e. The molecule has 8 nitrogen and oxygen atoms in total. The Hall–Kier alpha value is -2.58. The SMILES string of the molecule is CC(C)C1=C2[C@H]3CC[C@@H]4[C@@]5(C)CC[C@H](OC(=O)CC(C)(C)C(=O)O)C(C)(C)[C@@H]5CC[C@@]4(C)[C@]3(C)CC[C@@]2([C@@H](O)CN(C)Cc2ccccn2)CC1=O. The molecule has 0 spiro atoms. The van der Waals surface area contributed by atoms with Gasteiger partial charge >= 0.3 is 11.9 Å². The number of Topliss-reactive ketones (excluding diaryl/α,β-unsaturated/α-hetero) is 1. The molecule has 52 heavy (non-hydrogen) atoms. The van der Waals surface area contributed by atoms with E-state index < -0.39 is 28.9 Å². The lowest BCUT2D eigenvalue weighted by Gasteiger charge is -2.72. The predicted molar refractivity (Wildman–Crippen MR) is 202 cm³/mol. The van der Waals surface area contributed by atoms with Crippen LogP contribution in [0, 0.1) is 56.2 Å². The highest BCUT2D eigenvalue weighted by Crippen LogP contribution is 2.77. The summed E-state index contributed by atoms with van der Waals surface area (Å²) >= 11 is 0. The Morgan fingerprint density at radius 3 is 2.33 bits per heavy atom. The molecule has 0 radical (unpaired) electrons. The minimum Gasteiger partial charge on any atom is -0.481 e.